The molecular weight excluding hydrogens is 88.1 g/mol. The molecule has 1 unspecified atom stereocenters. The molecule has 0 saturated carbocycles. The van der Waals surface area contributed by atoms with E-state index in [1.807, 2.05) is 0 Å². The third kappa shape index (κ3) is 0.981. The summed E-state index contributed by atoms with van der Waals surface area (Å²) in [5.74, 6) is 0.681. The molecule has 0 radical (unpaired) electrons. The van der Waals surface area contributed by atoms with E-state index in [-0.39, 0.29) is 0 Å². The van der Waals surface area contributed by atoms with Crippen molar-refractivity contribution in [2.75, 3.05) is 0 Å². The zero-order chi connectivity index (χ0) is 5.28. The highest BCUT2D eigenvalue weighted by Crippen LogP contribution is 2.22. The van der Waals surface area contributed by atoms with Crippen LogP contribution in [0.1, 0.15) is 20.3 Å². The summed E-state index contributed by atoms with van der Waals surface area (Å²) < 4.78 is 0. The summed E-state index contributed by atoms with van der Waals surface area (Å²) >= 11 is 0. The Bertz CT molecular complexity index is 82.1. The molecular formula is C5H10N2. The second-order valence-corrected chi connectivity index (χ2v) is 2.03. The minimum atomic E-state index is 0.366. The van der Waals surface area contributed by atoms with Crippen molar-refractivity contribution >= 4 is 0 Å². The first kappa shape index (κ1) is 4.75. The van der Waals surface area contributed by atoms with Crippen LogP contribution >= 0.6 is 0 Å². The van der Waals surface area contributed by atoms with Gasteiger partial charge in [-0.25, -0.2) is 0 Å². The normalized spacial score (nSPS) is 22.6. The molecule has 1 heterocycles. The van der Waals surface area contributed by atoms with Gasteiger partial charge >= 0.3 is 0 Å². The van der Waals surface area contributed by atoms with Gasteiger partial charge in [0.2, 0.25) is 0 Å². The van der Waals surface area contributed by atoms with Crippen LogP contribution in [0.15, 0.2) is 10.2 Å². The van der Waals surface area contributed by atoms with Gasteiger partial charge in [-0.3, -0.25) is 0 Å². The molecule has 0 amide bonds. The maximum atomic E-state index is 3.80. The smallest absolute Gasteiger partial charge is 0.162 e. The zero-order valence-corrected chi connectivity index (χ0v) is 4.76. The summed E-state index contributed by atoms with van der Waals surface area (Å²) in [5, 5.41) is 7.60. The van der Waals surface area contributed by atoms with Crippen molar-refractivity contribution in [2.45, 2.75) is 26.4 Å². The number of hydrogen-bond acceptors (Lipinski definition) is 2. The molecule has 0 aromatic rings. The Labute approximate surface area is 43.6 Å². The van der Waals surface area contributed by atoms with E-state index < -0.39 is 0 Å². The molecule has 1 atom stereocenters. The highest BCUT2D eigenvalue weighted by Gasteiger charge is 2.21. The third-order valence-corrected chi connectivity index (χ3v) is 1.40. The zero-order valence-electron chi connectivity index (χ0n) is 4.76. The number of nitrogens with zero attached hydrogens (tertiary/aromatic N) is 2. The molecule has 0 fully saturated rings. The Morgan fingerprint density at radius 1 is 1.57 bits per heavy atom. The molecule has 0 aliphatic carbocycles. The van der Waals surface area contributed by atoms with Crippen molar-refractivity contribution < 1.29 is 0 Å². The molecule has 0 bridgehead atoms. The van der Waals surface area contributed by atoms with Crippen LogP contribution in [0.2, 0.25) is 0 Å². The lowest BCUT2D eigenvalue weighted by Crippen LogP contribution is -1.99. The predicted octanol–water partition coefficient (Wildman–Crippen LogP) is 1.82. The topological polar surface area (TPSA) is 24.7 Å². The van der Waals surface area contributed by atoms with Crippen LogP contribution in [0, 0.1) is 5.92 Å². The van der Waals surface area contributed by atoms with E-state index in [2.05, 4.69) is 24.1 Å². The lowest BCUT2D eigenvalue weighted by molar-refractivity contribution is 0.538. The van der Waals surface area contributed by atoms with Gasteiger partial charge in [0.15, 0.2) is 6.17 Å². The van der Waals surface area contributed by atoms with E-state index in [9.17, 15) is 0 Å². The second kappa shape index (κ2) is 1.60. The lowest BCUT2D eigenvalue weighted by atomic mass is 10.1. The Balaban J connectivity index is 2.12. The van der Waals surface area contributed by atoms with Crippen molar-refractivity contribution in [3.8, 4) is 0 Å². The number of rotatable bonds is 2. The molecule has 2 heteroatoms. The third-order valence-electron chi connectivity index (χ3n) is 1.40. The first-order valence-electron chi connectivity index (χ1n) is 2.74. The van der Waals surface area contributed by atoms with Gasteiger partial charge < -0.3 is 0 Å². The van der Waals surface area contributed by atoms with Crippen LogP contribution in [-0.4, -0.2) is 6.17 Å². The van der Waals surface area contributed by atoms with Gasteiger partial charge in [-0.2, -0.15) is 10.2 Å². The van der Waals surface area contributed by atoms with Crippen molar-refractivity contribution in [3.63, 3.8) is 0 Å². The summed E-state index contributed by atoms with van der Waals surface area (Å²) in [5.41, 5.74) is 0. The summed E-state index contributed by atoms with van der Waals surface area (Å²) in [4.78, 5) is 0. The molecule has 0 saturated heterocycles. The van der Waals surface area contributed by atoms with Crippen LogP contribution in [0.4, 0.5) is 0 Å². The summed E-state index contributed by atoms with van der Waals surface area (Å²) in [6.07, 6.45) is 1.56. The van der Waals surface area contributed by atoms with E-state index in [1.54, 1.807) is 0 Å². The van der Waals surface area contributed by atoms with Crippen LogP contribution in [-0.2, 0) is 0 Å². The fraction of sp³-hybridized carbons (Fsp3) is 1.00. The Morgan fingerprint density at radius 3 is 2.29 bits per heavy atom. The average Bonchev–Trinajstić information content (AvgIpc) is 2.44. The van der Waals surface area contributed by atoms with E-state index in [1.165, 1.54) is 6.42 Å². The largest absolute Gasteiger partial charge is 0.183 e. The van der Waals surface area contributed by atoms with Gasteiger partial charge in [0, 0.05) is 5.92 Å². The van der Waals surface area contributed by atoms with Crippen LogP contribution < -0.4 is 0 Å². The SMILES string of the molecule is CCC(C)C1N=N1. The van der Waals surface area contributed by atoms with Crippen LogP contribution in [0.3, 0.4) is 0 Å². The average molecular weight is 98.1 g/mol. The Morgan fingerprint density at radius 2 is 2.14 bits per heavy atom. The molecule has 1 aliphatic rings. The monoisotopic (exact) mass is 98.1 g/mol. The van der Waals surface area contributed by atoms with E-state index in [0.29, 0.717) is 12.1 Å². The fourth-order valence-electron chi connectivity index (χ4n) is 0.477. The Kier molecular flexibility index (Phi) is 1.09. The minimum Gasteiger partial charge on any atom is -0.162 e. The molecule has 40 valence electrons. The maximum absolute atomic E-state index is 3.80. The van der Waals surface area contributed by atoms with Gasteiger partial charge in [-0.1, -0.05) is 13.8 Å². The van der Waals surface area contributed by atoms with E-state index in [0.717, 1.165) is 0 Å². The highest BCUT2D eigenvalue weighted by atomic mass is 15.4. The van der Waals surface area contributed by atoms with Crippen LogP contribution in [0.25, 0.3) is 0 Å². The fourth-order valence-corrected chi connectivity index (χ4v) is 0.477. The molecule has 0 aromatic heterocycles. The maximum Gasteiger partial charge on any atom is 0.183 e. The summed E-state index contributed by atoms with van der Waals surface area (Å²) in [6, 6.07) is 0. The van der Waals surface area contributed by atoms with Crippen molar-refractivity contribution in [1.29, 1.82) is 0 Å². The van der Waals surface area contributed by atoms with Gasteiger partial charge in [0.25, 0.3) is 0 Å². The van der Waals surface area contributed by atoms with E-state index >= 15 is 0 Å². The van der Waals surface area contributed by atoms with Crippen molar-refractivity contribution in [1.82, 2.24) is 0 Å². The molecule has 1 rings (SSSR count). The first-order valence-corrected chi connectivity index (χ1v) is 2.74. The van der Waals surface area contributed by atoms with Gasteiger partial charge in [0.1, 0.15) is 0 Å². The molecule has 0 N–H and O–H groups in total. The minimum absolute atomic E-state index is 0.366. The summed E-state index contributed by atoms with van der Waals surface area (Å²) in [7, 11) is 0. The van der Waals surface area contributed by atoms with E-state index in [4.69, 9.17) is 0 Å². The Hall–Kier alpha value is -0.400. The quantitative estimate of drug-likeness (QED) is 0.503. The molecule has 0 aromatic carbocycles. The standard InChI is InChI=1S/C5H10N2/c1-3-4(2)5-6-7-5/h4-5H,3H2,1-2H3. The second-order valence-electron chi connectivity index (χ2n) is 2.03. The van der Waals surface area contributed by atoms with Gasteiger partial charge in [-0.05, 0) is 6.42 Å². The first-order chi connectivity index (χ1) is 3.34. The molecule has 1 aliphatic heterocycles. The van der Waals surface area contributed by atoms with Crippen molar-refractivity contribution in [2.24, 2.45) is 16.1 Å². The molecule has 0 spiro atoms. The molecule has 2 nitrogen and oxygen atoms in total. The van der Waals surface area contributed by atoms with Crippen molar-refractivity contribution in [3.05, 3.63) is 0 Å². The number of hydrogen-bond donors (Lipinski definition) is 0. The predicted molar refractivity (Wildman–Crippen MR) is 28.1 cm³/mol. The van der Waals surface area contributed by atoms with Gasteiger partial charge in [-0.15, -0.1) is 0 Å². The summed E-state index contributed by atoms with van der Waals surface area (Å²) in [6.45, 7) is 4.33. The van der Waals surface area contributed by atoms with Gasteiger partial charge in [0.05, 0.1) is 0 Å². The van der Waals surface area contributed by atoms with Crippen LogP contribution in [0.5, 0.6) is 0 Å². The highest BCUT2D eigenvalue weighted by molar-refractivity contribution is 4.74. The lowest BCUT2D eigenvalue weighted by Gasteiger charge is -1.97. The molecule has 7 heavy (non-hydrogen) atoms.